The number of carbonyl (C=O) groups is 1. The molecule has 106 valence electrons. The lowest BCUT2D eigenvalue weighted by atomic mass is 10.3. The first kappa shape index (κ1) is 14.4. The zero-order chi connectivity index (χ0) is 14.8. The van der Waals surface area contributed by atoms with E-state index in [0.29, 0.717) is 4.67 Å². The fourth-order valence-corrected chi connectivity index (χ4v) is 1.71. The summed E-state index contributed by atoms with van der Waals surface area (Å²) in [6.45, 7) is 0. The van der Waals surface area contributed by atoms with Crippen LogP contribution in [0.1, 0.15) is 10.6 Å². The summed E-state index contributed by atoms with van der Waals surface area (Å²) in [4.78, 5) is 11.8. The molecular weight excluding hydrogens is 343 g/mol. The smallest absolute Gasteiger partial charge is 0.444 e. The van der Waals surface area contributed by atoms with Crippen LogP contribution in [-0.2, 0) is 0 Å². The van der Waals surface area contributed by atoms with E-state index in [1.807, 2.05) is 0 Å². The van der Waals surface area contributed by atoms with Gasteiger partial charge in [0.15, 0.2) is 16.2 Å². The van der Waals surface area contributed by atoms with E-state index >= 15 is 0 Å². The van der Waals surface area contributed by atoms with E-state index in [9.17, 15) is 18.0 Å². The van der Waals surface area contributed by atoms with E-state index in [4.69, 9.17) is 4.42 Å². The molecule has 0 atom stereocenters. The molecule has 1 amide bonds. The lowest BCUT2D eigenvalue weighted by molar-refractivity contribution is -0.274. The summed E-state index contributed by atoms with van der Waals surface area (Å²) < 4.78 is 45.8. The molecule has 1 heterocycles. The van der Waals surface area contributed by atoms with Crippen molar-refractivity contribution in [3.05, 3.63) is 46.8 Å². The minimum absolute atomic E-state index is 0.0429. The lowest BCUT2D eigenvalue weighted by Crippen LogP contribution is -2.19. The first-order valence-corrected chi connectivity index (χ1v) is 6.06. The third-order valence-electron chi connectivity index (χ3n) is 2.16. The van der Waals surface area contributed by atoms with Gasteiger partial charge in [-0.2, -0.15) is 0 Å². The molecule has 0 spiro atoms. The average molecular weight is 350 g/mol. The van der Waals surface area contributed by atoms with Gasteiger partial charge in [0, 0.05) is 0 Å². The van der Waals surface area contributed by atoms with Gasteiger partial charge in [-0.3, -0.25) is 4.79 Å². The maximum absolute atomic E-state index is 12.2. The number of para-hydroxylation sites is 2. The van der Waals surface area contributed by atoms with Gasteiger partial charge < -0.3 is 14.5 Å². The van der Waals surface area contributed by atoms with E-state index in [1.54, 1.807) is 0 Å². The van der Waals surface area contributed by atoms with Crippen LogP contribution < -0.4 is 10.1 Å². The highest BCUT2D eigenvalue weighted by molar-refractivity contribution is 9.10. The Kier molecular flexibility index (Phi) is 4.03. The summed E-state index contributed by atoms with van der Waals surface area (Å²) >= 11 is 3.02. The normalized spacial score (nSPS) is 11.2. The predicted octanol–water partition coefficient (Wildman–Crippen LogP) is 4.19. The molecule has 8 heteroatoms. The highest BCUT2D eigenvalue weighted by atomic mass is 79.9. The van der Waals surface area contributed by atoms with E-state index in [1.165, 1.54) is 30.3 Å². The van der Waals surface area contributed by atoms with Crippen LogP contribution in [0.2, 0.25) is 0 Å². The first-order valence-electron chi connectivity index (χ1n) is 5.26. The summed E-state index contributed by atoms with van der Waals surface area (Å²) in [5.74, 6) is -1.23. The Labute approximate surface area is 119 Å². The van der Waals surface area contributed by atoms with Gasteiger partial charge in [-0.25, -0.2) is 0 Å². The lowest BCUT2D eigenvalue weighted by Gasteiger charge is -2.13. The number of ether oxygens (including phenoxy) is 1. The van der Waals surface area contributed by atoms with Gasteiger partial charge in [0.2, 0.25) is 0 Å². The van der Waals surface area contributed by atoms with Crippen molar-refractivity contribution >= 4 is 27.5 Å². The number of halogens is 4. The number of furan rings is 1. The molecule has 1 N–H and O–H groups in total. The van der Waals surface area contributed by atoms with E-state index in [-0.39, 0.29) is 11.4 Å². The van der Waals surface area contributed by atoms with Gasteiger partial charge in [0.1, 0.15) is 0 Å². The van der Waals surface area contributed by atoms with Gasteiger partial charge in [-0.1, -0.05) is 12.1 Å². The molecule has 1 aromatic heterocycles. The van der Waals surface area contributed by atoms with Gasteiger partial charge in [-0.15, -0.1) is 13.2 Å². The van der Waals surface area contributed by atoms with Crippen molar-refractivity contribution in [1.29, 1.82) is 0 Å². The molecule has 0 aliphatic rings. The van der Waals surface area contributed by atoms with Crippen molar-refractivity contribution in [3.63, 3.8) is 0 Å². The number of anilines is 1. The SMILES string of the molecule is O=C(Nc1ccccc1OC(F)(F)F)c1ccc(Br)o1. The van der Waals surface area contributed by atoms with Crippen LogP contribution in [0.25, 0.3) is 0 Å². The van der Waals surface area contributed by atoms with Crippen LogP contribution in [0.4, 0.5) is 18.9 Å². The summed E-state index contributed by atoms with van der Waals surface area (Å²) in [6, 6.07) is 8.09. The summed E-state index contributed by atoms with van der Waals surface area (Å²) in [6.07, 6.45) is -4.84. The van der Waals surface area contributed by atoms with Crippen LogP contribution in [0.15, 0.2) is 45.5 Å². The van der Waals surface area contributed by atoms with Crippen LogP contribution in [0, 0.1) is 0 Å². The summed E-state index contributed by atoms with van der Waals surface area (Å²) in [5, 5.41) is 2.28. The minimum atomic E-state index is -4.84. The Bertz CT molecular complexity index is 624. The van der Waals surface area contributed by atoms with Gasteiger partial charge in [0.25, 0.3) is 5.91 Å². The molecule has 0 fully saturated rings. The zero-order valence-corrected chi connectivity index (χ0v) is 11.3. The Balaban J connectivity index is 2.19. The number of amides is 1. The van der Waals surface area contributed by atoms with Crippen LogP contribution in [0.3, 0.4) is 0 Å². The molecule has 0 aliphatic heterocycles. The van der Waals surface area contributed by atoms with Crippen molar-refractivity contribution < 1.29 is 27.1 Å². The molecule has 2 aromatic rings. The molecule has 4 nitrogen and oxygen atoms in total. The number of carbonyl (C=O) groups excluding carboxylic acids is 1. The van der Waals surface area contributed by atoms with Crippen molar-refractivity contribution in [3.8, 4) is 5.75 Å². The third-order valence-corrected chi connectivity index (χ3v) is 2.58. The van der Waals surface area contributed by atoms with Gasteiger partial charge in [0.05, 0.1) is 5.69 Å². The van der Waals surface area contributed by atoms with Crippen molar-refractivity contribution in [2.75, 3.05) is 5.32 Å². The second-order valence-electron chi connectivity index (χ2n) is 3.60. The Morgan fingerprint density at radius 1 is 1.20 bits per heavy atom. The van der Waals surface area contributed by atoms with Crippen LogP contribution in [0.5, 0.6) is 5.75 Å². The maximum atomic E-state index is 12.2. The topological polar surface area (TPSA) is 51.5 Å². The monoisotopic (exact) mass is 349 g/mol. The Morgan fingerprint density at radius 3 is 2.50 bits per heavy atom. The molecule has 0 saturated heterocycles. The Morgan fingerprint density at radius 2 is 1.90 bits per heavy atom. The fraction of sp³-hybridized carbons (Fsp3) is 0.0833. The molecule has 0 saturated carbocycles. The number of hydrogen-bond donors (Lipinski definition) is 1. The quantitative estimate of drug-likeness (QED) is 0.903. The predicted molar refractivity (Wildman–Crippen MR) is 67.5 cm³/mol. The van der Waals surface area contributed by atoms with Crippen molar-refractivity contribution in [2.45, 2.75) is 6.36 Å². The fourth-order valence-electron chi connectivity index (χ4n) is 1.40. The number of rotatable bonds is 3. The average Bonchev–Trinajstić information content (AvgIpc) is 2.77. The second-order valence-corrected chi connectivity index (χ2v) is 4.38. The van der Waals surface area contributed by atoms with E-state index < -0.39 is 18.0 Å². The van der Waals surface area contributed by atoms with Crippen LogP contribution >= 0.6 is 15.9 Å². The van der Waals surface area contributed by atoms with Crippen LogP contribution in [-0.4, -0.2) is 12.3 Å². The molecule has 0 unspecified atom stereocenters. The number of alkyl halides is 3. The summed E-state index contributed by atoms with van der Waals surface area (Å²) in [7, 11) is 0. The molecule has 20 heavy (non-hydrogen) atoms. The van der Waals surface area contributed by atoms with Gasteiger partial charge >= 0.3 is 6.36 Å². The molecular formula is C12H7BrF3NO3. The third kappa shape index (κ3) is 3.77. The highest BCUT2D eigenvalue weighted by Crippen LogP contribution is 2.30. The van der Waals surface area contributed by atoms with Crippen molar-refractivity contribution in [1.82, 2.24) is 0 Å². The maximum Gasteiger partial charge on any atom is 0.573 e. The number of nitrogens with one attached hydrogen (secondary N) is 1. The van der Waals surface area contributed by atoms with E-state index in [0.717, 1.165) is 6.07 Å². The first-order chi connectivity index (χ1) is 9.35. The minimum Gasteiger partial charge on any atom is -0.444 e. The zero-order valence-electron chi connectivity index (χ0n) is 9.70. The second kappa shape index (κ2) is 5.58. The standard InChI is InChI=1S/C12H7BrF3NO3/c13-10-6-5-9(19-10)11(18)17-7-3-1-2-4-8(7)20-12(14,15)16/h1-6H,(H,17,18). The molecule has 1 aromatic carbocycles. The Hall–Kier alpha value is -1.96. The molecule has 0 bridgehead atoms. The van der Waals surface area contributed by atoms with Crippen molar-refractivity contribution in [2.24, 2.45) is 0 Å². The molecule has 2 rings (SSSR count). The van der Waals surface area contributed by atoms with E-state index in [2.05, 4.69) is 26.0 Å². The molecule has 0 radical (unpaired) electrons. The largest absolute Gasteiger partial charge is 0.573 e. The van der Waals surface area contributed by atoms with Gasteiger partial charge in [-0.05, 0) is 40.2 Å². The number of benzene rings is 1. The highest BCUT2D eigenvalue weighted by Gasteiger charge is 2.32. The number of hydrogen-bond acceptors (Lipinski definition) is 3. The molecule has 0 aliphatic carbocycles. The summed E-state index contributed by atoms with van der Waals surface area (Å²) in [5.41, 5.74) is -0.109.